The van der Waals surface area contributed by atoms with Crippen LogP contribution in [0.3, 0.4) is 0 Å². The van der Waals surface area contributed by atoms with E-state index in [0.717, 1.165) is 19.5 Å². The monoisotopic (exact) mass is 269 g/mol. The molecule has 1 saturated heterocycles. The molecule has 1 heterocycles. The molecule has 0 aliphatic carbocycles. The Balaban J connectivity index is 2.49. The molecule has 0 radical (unpaired) electrons. The van der Waals surface area contributed by atoms with E-state index in [-0.39, 0.29) is 11.9 Å². The first-order valence-corrected chi connectivity index (χ1v) is 7.66. The predicted molar refractivity (Wildman–Crippen MR) is 79.9 cm³/mol. The molecule has 1 amide bonds. The zero-order valence-electron chi connectivity index (χ0n) is 13.4. The highest BCUT2D eigenvalue weighted by molar-refractivity contribution is 5.84. The molecule has 2 unspecified atom stereocenters. The van der Waals surface area contributed by atoms with Crippen LogP contribution in [0.1, 0.15) is 48.0 Å². The molecular formula is C15H31N3O. The molecule has 0 aromatic rings. The third-order valence-electron chi connectivity index (χ3n) is 4.25. The molecule has 112 valence electrons. The van der Waals surface area contributed by atoms with Gasteiger partial charge in [0.2, 0.25) is 5.91 Å². The summed E-state index contributed by atoms with van der Waals surface area (Å²) in [5.74, 6) is 0.700. The van der Waals surface area contributed by atoms with Gasteiger partial charge in [-0.25, -0.2) is 0 Å². The van der Waals surface area contributed by atoms with Crippen molar-refractivity contribution in [3.05, 3.63) is 0 Å². The summed E-state index contributed by atoms with van der Waals surface area (Å²) in [6.07, 6.45) is 1.04. The molecule has 4 heteroatoms. The molecule has 19 heavy (non-hydrogen) atoms. The Morgan fingerprint density at radius 2 is 1.84 bits per heavy atom. The molecule has 0 aromatic heterocycles. The minimum absolute atomic E-state index is 0.0246. The average Bonchev–Trinajstić information content (AvgIpc) is 2.69. The van der Waals surface area contributed by atoms with Crippen LogP contribution >= 0.6 is 0 Å². The van der Waals surface area contributed by atoms with Crippen molar-refractivity contribution in [3.63, 3.8) is 0 Å². The zero-order valence-corrected chi connectivity index (χ0v) is 13.4. The molecule has 2 atom stereocenters. The normalized spacial score (nSPS) is 22.1. The number of amides is 1. The van der Waals surface area contributed by atoms with Crippen LogP contribution in [0.4, 0.5) is 0 Å². The summed E-state index contributed by atoms with van der Waals surface area (Å²) < 4.78 is 0. The van der Waals surface area contributed by atoms with Gasteiger partial charge >= 0.3 is 0 Å². The first kappa shape index (κ1) is 16.4. The van der Waals surface area contributed by atoms with E-state index in [2.05, 4.69) is 51.8 Å². The van der Waals surface area contributed by atoms with Crippen LogP contribution in [0.15, 0.2) is 0 Å². The highest BCUT2D eigenvalue weighted by atomic mass is 16.2. The van der Waals surface area contributed by atoms with Crippen LogP contribution in [0.5, 0.6) is 0 Å². The van der Waals surface area contributed by atoms with Gasteiger partial charge in [0.25, 0.3) is 0 Å². The molecular weight excluding hydrogens is 238 g/mol. The SMILES string of the molecule is CCC(C)C1NCN(CCN(C(C)C)C(C)C)C1=O. The first-order valence-electron chi connectivity index (χ1n) is 7.66. The van der Waals surface area contributed by atoms with E-state index < -0.39 is 0 Å². The molecule has 1 aliphatic heterocycles. The second-order valence-corrected chi connectivity index (χ2v) is 6.25. The Kier molecular flexibility index (Phi) is 6.27. The molecule has 4 nitrogen and oxygen atoms in total. The maximum absolute atomic E-state index is 12.3. The highest BCUT2D eigenvalue weighted by Gasteiger charge is 2.34. The molecule has 1 fully saturated rings. The van der Waals surface area contributed by atoms with Crippen molar-refractivity contribution in [2.45, 2.75) is 66.1 Å². The lowest BCUT2D eigenvalue weighted by molar-refractivity contribution is -0.130. The number of hydrogen-bond acceptors (Lipinski definition) is 3. The third-order valence-corrected chi connectivity index (χ3v) is 4.25. The zero-order chi connectivity index (χ0) is 14.6. The Morgan fingerprint density at radius 1 is 1.26 bits per heavy atom. The van der Waals surface area contributed by atoms with Crippen LogP contribution < -0.4 is 5.32 Å². The first-order chi connectivity index (χ1) is 8.88. The fourth-order valence-corrected chi connectivity index (χ4v) is 2.79. The molecule has 1 N–H and O–H groups in total. The third kappa shape index (κ3) is 4.18. The van der Waals surface area contributed by atoms with E-state index in [1.807, 2.05) is 4.90 Å². The van der Waals surface area contributed by atoms with E-state index >= 15 is 0 Å². The number of nitrogens with one attached hydrogen (secondary N) is 1. The summed E-state index contributed by atoms with van der Waals surface area (Å²) in [5.41, 5.74) is 0. The van der Waals surface area contributed by atoms with E-state index in [1.165, 1.54) is 0 Å². The molecule has 0 aromatic carbocycles. The van der Waals surface area contributed by atoms with Gasteiger partial charge in [-0.1, -0.05) is 20.3 Å². The summed E-state index contributed by atoms with van der Waals surface area (Å²) in [4.78, 5) is 16.7. The fourth-order valence-electron chi connectivity index (χ4n) is 2.79. The van der Waals surface area contributed by atoms with Crippen molar-refractivity contribution in [3.8, 4) is 0 Å². The number of carbonyl (C=O) groups excluding carboxylic acids is 1. The quantitative estimate of drug-likeness (QED) is 0.767. The van der Waals surface area contributed by atoms with Crippen molar-refractivity contribution < 1.29 is 4.79 Å². The molecule has 0 spiro atoms. The van der Waals surface area contributed by atoms with Gasteiger partial charge in [0.1, 0.15) is 0 Å². The number of nitrogens with zero attached hydrogens (tertiary/aromatic N) is 2. The number of rotatable bonds is 7. The summed E-state index contributed by atoms with van der Waals surface area (Å²) in [5, 5.41) is 3.35. The van der Waals surface area contributed by atoms with Crippen molar-refractivity contribution in [2.24, 2.45) is 5.92 Å². The highest BCUT2D eigenvalue weighted by Crippen LogP contribution is 2.15. The maximum Gasteiger partial charge on any atom is 0.241 e. The van der Waals surface area contributed by atoms with Gasteiger partial charge in [-0.2, -0.15) is 0 Å². The van der Waals surface area contributed by atoms with Crippen molar-refractivity contribution in [2.75, 3.05) is 19.8 Å². The Hall–Kier alpha value is -0.610. The lowest BCUT2D eigenvalue weighted by Gasteiger charge is -2.32. The van der Waals surface area contributed by atoms with Crippen molar-refractivity contribution in [1.29, 1.82) is 0 Å². The van der Waals surface area contributed by atoms with Crippen molar-refractivity contribution >= 4 is 5.91 Å². The maximum atomic E-state index is 12.3. The summed E-state index contributed by atoms with van der Waals surface area (Å²) in [6.45, 7) is 15.6. The van der Waals surface area contributed by atoms with E-state index in [4.69, 9.17) is 0 Å². The smallest absolute Gasteiger partial charge is 0.241 e. The van der Waals surface area contributed by atoms with E-state index in [1.54, 1.807) is 0 Å². The largest absolute Gasteiger partial charge is 0.327 e. The fraction of sp³-hybridized carbons (Fsp3) is 0.933. The summed E-state index contributed by atoms with van der Waals surface area (Å²) >= 11 is 0. The lowest BCUT2D eigenvalue weighted by atomic mass is 9.99. The topological polar surface area (TPSA) is 35.6 Å². The minimum atomic E-state index is 0.0246. The average molecular weight is 269 g/mol. The van der Waals surface area contributed by atoms with E-state index in [9.17, 15) is 4.79 Å². The van der Waals surface area contributed by atoms with Crippen LogP contribution in [0.25, 0.3) is 0 Å². The molecule has 0 saturated carbocycles. The molecule has 1 rings (SSSR count). The second-order valence-electron chi connectivity index (χ2n) is 6.25. The minimum Gasteiger partial charge on any atom is -0.327 e. The second kappa shape index (κ2) is 7.25. The Labute approximate surface area is 118 Å². The predicted octanol–water partition coefficient (Wildman–Crippen LogP) is 1.91. The van der Waals surface area contributed by atoms with Gasteiger partial charge in [-0.15, -0.1) is 0 Å². The van der Waals surface area contributed by atoms with Crippen LogP contribution in [-0.2, 0) is 4.79 Å². The molecule has 0 bridgehead atoms. The Morgan fingerprint density at radius 3 is 2.32 bits per heavy atom. The van der Waals surface area contributed by atoms with E-state index in [0.29, 0.717) is 24.7 Å². The van der Waals surface area contributed by atoms with Gasteiger partial charge in [0.15, 0.2) is 0 Å². The van der Waals surface area contributed by atoms with Gasteiger partial charge in [0.05, 0.1) is 12.7 Å². The van der Waals surface area contributed by atoms with Crippen LogP contribution in [0, 0.1) is 5.92 Å². The number of carbonyl (C=O) groups is 1. The van der Waals surface area contributed by atoms with Crippen LogP contribution in [0.2, 0.25) is 0 Å². The summed E-state index contributed by atoms with van der Waals surface area (Å²) in [7, 11) is 0. The summed E-state index contributed by atoms with van der Waals surface area (Å²) in [6, 6.07) is 1.07. The van der Waals surface area contributed by atoms with Crippen LogP contribution in [-0.4, -0.2) is 53.6 Å². The molecule has 1 aliphatic rings. The van der Waals surface area contributed by atoms with Gasteiger partial charge < -0.3 is 4.90 Å². The van der Waals surface area contributed by atoms with Gasteiger partial charge in [-0.3, -0.25) is 15.0 Å². The van der Waals surface area contributed by atoms with Gasteiger partial charge in [0, 0.05) is 25.2 Å². The van der Waals surface area contributed by atoms with Crippen molar-refractivity contribution in [1.82, 2.24) is 15.1 Å². The lowest BCUT2D eigenvalue weighted by Crippen LogP contribution is -2.43. The standard InChI is InChI=1S/C15H31N3O/c1-7-13(6)14-15(19)17(10-16-14)8-9-18(11(2)3)12(4)5/h11-14,16H,7-10H2,1-6H3. The number of hydrogen-bond donors (Lipinski definition) is 1. The Bertz CT molecular complexity index is 283. The van der Waals surface area contributed by atoms with Gasteiger partial charge in [-0.05, 0) is 33.6 Å².